The number of thiophene rings is 1. The Morgan fingerprint density at radius 3 is 2.45 bits per heavy atom. The summed E-state index contributed by atoms with van der Waals surface area (Å²) in [6.07, 6.45) is 0. The molecule has 0 spiro atoms. The molecule has 0 atom stereocenters. The lowest BCUT2D eigenvalue weighted by Crippen LogP contribution is -2.41. The number of fused-ring (bicyclic) bond motifs is 1. The molecule has 2 amide bonds. The summed E-state index contributed by atoms with van der Waals surface area (Å²) in [7, 11) is 0. The van der Waals surface area contributed by atoms with E-state index in [9.17, 15) is 9.59 Å². The van der Waals surface area contributed by atoms with Crippen molar-refractivity contribution < 1.29 is 9.59 Å². The number of amides is 2. The van der Waals surface area contributed by atoms with E-state index in [-0.39, 0.29) is 11.8 Å². The molecule has 2 aromatic carbocycles. The molecule has 0 unspecified atom stereocenters. The van der Waals surface area contributed by atoms with Crippen LogP contribution in [0.1, 0.15) is 31.3 Å². The van der Waals surface area contributed by atoms with Crippen molar-refractivity contribution in [1.29, 1.82) is 0 Å². The molecule has 8 heteroatoms. The standard InChI is InChI=1S/C21H17ClN4O2S/c1-13-17-11-18(20(28)24-23-19(27)15-5-3-2-4-6-15)29-21(17)26(25-13)12-14-7-9-16(22)10-8-14/h2-11H,12H2,1H3,(H,23,27)(H,24,28). The normalized spacial score (nSPS) is 10.8. The van der Waals surface area contributed by atoms with Crippen LogP contribution >= 0.6 is 22.9 Å². The van der Waals surface area contributed by atoms with Gasteiger partial charge in [-0.1, -0.05) is 41.9 Å². The van der Waals surface area contributed by atoms with Crippen LogP contribution in [-0.2, 0) is 6.54 Å². The van der Waals surface area contributed by atoms with Crippen LogP contribution in [0.5, 0.6) is 0 Å². The van der Waals surface area contributed by atoms with Crippen LogP contribution in [0.25, 0.3) is 10.2 Å². The van der Waals surface area contributed by atoms with E-state index in [4.69, 9.17) is 11.6 Å². The predicted octanol–water partition coefficient (Wildman–Crippen LogP) is 4.18. The van der Waals surface area contributed by atoms with Crippen molar-refractivity contribution in [2.75, 3.05) is 0 Å². The van der Waals surface area contributed by atoms with Crippen LogP contribution in [0.4, 0.5) is 0 Å². The van der Waals surface area contributed by atoms with E-state index in [0.717, 1.165) is 21.5 Å². The van der Waals surface area contributed by atoms with E-state index < -0.39 is 0 Å². The van der Waals surface area contributed by atoms with E-state index >= 15 is 0 Å². The Balaban J connectivity index is 1.50. The second-order valence-corrected chi connectivity index (χ2v) is 7.94. The summed E-state index contributed by atoms with van der Waals surface area (Å²) >= 11 is 7.28. The topological polar surface area (TPSA) is 76.0 Å². The van der Waals surface area contributed by atoms with Gasteiger partial charge in [0.1, 0.15) is 4.83 Å². The third kappa shape index (κ3) is 4.16. The van der Waals surface area contributed by atoms with Crippen LogP contribution in [0.3, 0.4) is 0 Å². The van der Waals surface area contributed by atoms with E-state index in [2.05, 4.69) is 16.0 Å². The fraction of sp³-hybridized carbons (Fsp3) is 0.0952. The van der Waals surface area contributed by atoms with Gasteiger partial charge in [0.15, 0.2) is 0 Å². The smallest absolute Gasteiger partial charge is 0.267 e. The zero-order valence-corrected chi connectivity index (χ0v) is 17.1. The molecular formula is C21H17ClN4O2S. The van der Waals surface area contributed by atoms with Crippen molar-refractivity contribution in [2.45, 2.75) is 13.5 Å². The number of carbonyl (C=O) groups is 2. The number of hydrazine groups is 1. The highest BCUT2D eigenvalue weighted by Gasteiger charge is 2.17. The highest BCUT2D eigenvalue weighted by molar-refractivity contribution is 7.20. The lowest BCUT2D eigenvalue weighted by atomic mass is 10.2. The Labute approximate surface area is 176 Å². The van der Waals surface area contributed by atoms with Gasteiger partial charge in [-0.3, -0.25) is 25.1 Å². The summed E-state index contributed by atoms with van der Waals surface area (Å²) in [5, 5.41) is 6.18. The summed E-state index contributed by atoms with van der Waals surface area (Å²) in [4.78, 5) is 26.0. The number of hydrogen-bond donors (Lipinski definition) is 2. The molecule has 2 aromatic heterocycles. The van der Waals surface area contributed by atoms with Crippen molar-refractivity contribution in [3.05, 3.63) is 87.4 Å². The summed E-state index contributed by atoms with van der Waals surface area (Å²) in [5.74, 6) is -0.738. The molecule has 29 heavy (non-hydrogen) atoms. The maximum absolute atomic E-state index is 12.5. The maximum Gasteiger partial charge on any atom is 0.279 e. The largest absolute Gasteiger partial charge is 0.279 e. The SMILES string of the molecule is Cc1nn(Cc2ccc(Cl)cc2)c2sc(C(=O)NNC(=O)c3ccccc3)cc12. The van der Waals surface area contributed by atoms with Crippen molar-refractivity contribution >= 4 is 45.0 Å². The maximum atomic E-state index is 12.5. The Kier molecular flexibility index (Phi) is 5.33. The molecule has 0 saturated carbocycles. The van der Waals surface area contributed by atoms with Gasteiger partial charge in [-0.2, -0.15) is 5.10 Å². The van der Waals surface area contributed by atoms with Gasteiger partial charge in [0, 0.05) is 16.0 Å². The number of hydrogen-bond acceptors (Lipinski definition) is 4. The van der Waals surface area contributed by atoms with Crippen molar-refractivity contribution in [3.63, 3.8) is 0 Å². The van der Waals surface area contributed by atoms with Gasteiger partial charge in [0.2, 0.25) is 0 Å². The summed E-state index contributed by atoms with van der Waals surface area (Å²) in [6, 6.07) is 18.1. The van der Waals surface area contributed by atoms with Crippen LogP contribution in [0.2, 0.25) is 5.02 Å². The van der Waals surface area contributed by atoms with E-state index in [1.165, 1.54) is 11.3 Å². The van der Waals surface area contributed by atoms with Crippen LogP contribution in [-0.4, -0.2) is 21.6 Å². The molecule has 0 aliphatic heterocycles. The fourth-order valence-electron chi connectivity index (χ4n) is 2.93. The fourth-order valence-corrected chi connectivity index (χ4v) is 4.11. The first kappa shape index (κ1) is 19.2. The van der Waals surface area contributed by atoms with Crippen LogP contribution in [0.15, 0.2) is 60.7 Å². The molecule has 146 valence electrons. The number of carbonyl (C=O) groups excluding carboxylic acids is 2. The minimum Gasteiger partial charge on any atom is -0.267 e. The monoisotopic (exact) mass is 424 g/mol. The molecule has 2 heterocycles. The number of nitrogens with one attached hydrogen (secondary N) is 2. The van der Waals surface area contributed by atoms with Gasteiger partial charge in [-0.25, -0.2) is 0 Å². The summed E-state index contributed by atoms with van der Waals surface area (Å²) in [5.41, 5.74) is 7.29. The number of rotatable bonds is 4. The van der Waals surface area contributed by atoms with Gasteiger partial charge in [-0.15, -0.1) is 11.3 Å². The van der Waals surface area contributed by atoms with E-state index in [0.29, 0.717) is 22.0 Å². The first-order chi connectivity index (χ1) is 14.0. The average molecular weight is 425 g/mol. The van der Waals surface area contributed by atoms with Gasteiger partial charge < -0.3 is 0 Å². The lowest BCUT2D eigenvalue weighted by Gasteiger charge is -2.06. The summed E-state index contributed by atoms with van der Waals surface area (Å²) < 4.78 is 1.87. The molecule has 0 fully saturated rings. The Morgan fingerprint density at radius 2 is 1.72 bits per heavy atom. The van der Waals surface area contributed by atoms with Gasteiger partial charge in [0.25, 0.3) is 11.8 Å². The molecule has 0 aliphatic rings. The third-order valence-electron chi connectivity index (χ3n) is 4.40. The first-order valence-corrected chi connectivity index (χ1v) is 10.1. The number of nitrogens with zero attached hydrogens (tertiary/aromatic N) is 2. The van der Waals surface area contributed by atoms with Crippen molar-refractivity contribution in [3.8, 4) is 0 Å². The third-order valence-corrected chi connectivity index (χ3v) is 5.80. The number of aromatic nitrogens is 2. The summed E-state index contributed by atoms with van der Waals surface area (Å²) in [6.45, 7) is 2.49. The molecule has 4 aromatic rings. The van der Waals surface area contributed by atoms with Crippen LogP contribution < -0.4 is 10.9 Å². The molecule has 6 nitrogen and oxygen atoms in total. The second kappa shape index (κ2) is 8.06. The van der Waals surface area contributed by atoms with Gasteiger partial charge in [-0.05, 0) is 42.8 Å². The first-order valence-electron chi connectivity index (χ1n) is 8.88. The predicted molar refractivity (Wildman–Crippen MR) is 114 cm³/mol. The molecular weight excluding hydrogens is 408 g/mol. The highest BCUT2D eigenvalue weighted by Crippen LogP contribution is 2.29. The average Bonchev–Trinajstić information content (AvgIpc) is 3.30. The molecule has 0 aliphatic carbocycles. The van der Waals surface area contributed by atoms with Crippen molar-refractivity contribution in [2.24, 2.45) is 0 Å². The zero-order valence-electron chi connectivity index (χ0n) is 15.5. The Morgan fingerprint density at radius 1 is 1.03 bits per heavy atom. The van der Waals surface area contributed by atoms with Gasteiger partial charge in [0.05, 0.1) is 17.1 Å². The quantitative estimate of drug-likeness (QED) is 0.482. The van der Waals surface area contributed by atoms with Crippen molar-refractivity contribution in [1.82, 2.24) is 20.6 Å². The number of halogens is 1. The Hall–Kier alpha value is -3.16. The Bertz CT molecular complexity index is 1180. The molecule has 0 bridgehead atoms. The molecule has 0 saturated heterocycles. The minimum absolute atomic E-state index is 0.368. The van der Waals surface area contributed by atoms with E-state index in [1.54, 1.807) is 30.3 Å². The molecule has 0 radical (unpaired) electrons. The van der Waals surface area contributed by atoms with E-state index in [1.807, 2.05) is 41.9 Å². The zero-order chi connectivity index (χ0) is 20.4. The number of benzene rings is 2. The molecule has 4 rings (SSSR count). The molecule has 2 N–H and O–H groups in total. The second-order valence-electron chi connectivity index (χ2n) is 6.47. The minimum atomic E-state index is -0.370. The van der Waals surface area contributed by atoms with Crippen LogP contribution in [0, 0.1) is 6.92 Å². The highest BCUT2D eigenvalue weighted by atomic mass is 35.5. The lowest BCUT2D eigenvalue weighted by molar-refractivity contribution is 0.0849. The number of aryl methyl sites for hydroxylation is 1. The van der Waals surface area contributed by atoms with Gasteiger partial charge >= 0.3 is 0 Å².